The standard InChI is InChI=1S/C44H37ClO6/c1-3-35(50-43(46)32-19-17-28-11-5-7-13-30(28)23-32)26-48-41-37-15-9-10-16-38(37)42(40-25-34(45)21-22-39(40)41)49-27-36(4-2)51-44(47)33-20-18-29-12-6-8-14-31(29)24-33/h5-25,35-36H,3-4,26-27H2,1-2H3. The van der Waals surface area contributed by atoms with Gasteiger partial charge in [-0.3, -0.25) is 0 Å². The molecule has 7 aromatic carbocycles. The Labute approximate surface area is 301 Å². The van der Waals surface area contributed by atoms with Gasteiger partial charge in [-0.05, 0) is 76.9 Å². The van der Waals surface area contributed by atoms with Crippen molar-refractivity contribution in [2.45, 2.75) is 38.9 Å². The number of hydrogen-bond acceptors (Lipinski definition) is 6. The number of benzene rings is 7. The molecule has 0 spiro atoms. The fraction of sp³-hybridized carbons (Fsp3) is 0.182. The molecule has 2 atom stereocenters. The highest BCUT2D eigenvalue weighted by atomic mass is 35.5. The number of carbonyl (C=O) groups excluding carboxylic acids is 2. The fourth-order valence-corrected chi connectivity index (χ4v) is 6.45. The second-order valence-electron chi connectivity index (χ2n) is 12.5. The molecule has 0 radical (unpaired) electrons. The van der Waals surface area contributed by atoms with E-state index in [1.807, 2.05) is 129 Å². The summed E-state index contributed by atoms with van der Waals surface area (Å²) in [5.74, 6) is 0.461. The molecule has 6 nitrogen and oxygen atoms in total. The SMILES string of the molecule is CCC(COc1c2ccccc2c(OCC(CC)OC(=O)c2ccc3ccccc3c2)c2cc(Cl)ccc12)OC(=O)c1ccc2ccccc2c1. The van der Waals surface area contributed by atoms with E-state index in [0.29, 0.717) is 40.5 Å². The van der Waals surface area contributed by atoms with E-state index in [9.17, 15) is 9.59 Å². The topological polar surface area (TPSA) is 71.1 Å². The Morgan fingerprint density at radius 2 is 0.941 bits per heavy atom. The van der Waals surface area contributed by atoms with Crippen molar-refractivity contribution in [2.24, 2.45) is 0 Å². The van der Waals surface area contributed by atoms with Crippen LogP contribution in [0.1, 0.15) is 47.4 Å². The van der Waals surface area contributed by atoms with Crippen molar-refractivity contribution in [1.29, 1.82) is 0 Å². The molecule has 0 saturated carbocycles. The lowest BCUT2D eigenvalue weighted by molar-refractivity contribution is 0.0159. The van der Waals surface area contributed by atoms with E-state index in [1.54, 1.807) is 12.1 Å². The van der Waals surface area contributed by atoms with E-state index in [4.69, 9.17) is 30.5 Å². The largest absolute Gasteiger partial charge is 0.488 e. The highest BCUT2D eigenvalue weighted by Gasteiger charge is 2.22. The van der Waals surface area contributed by atoms with Gasteiger partial charge in [-0.2, -0.15) is 0 Å². The Hall–Kier alpha value is -5.59. The molecule has 0 amide bonds. The Morgan fingerprint density at radius 1 is 0.510 bits per heavy atom. The zero-order valence-corrected chi connectivity index (χ0v) is 29.2. The van der Waals surface area contributed by atoms with Gasteiger partial charge in [0.15, 0.2) is 0 Å². The average molecular weight is 697 g/mol. The molecule has 0 aromatic heterocycles. The maximum absolute atomic E-state index is 13.2. The highest BCUT2D eigenvalue weighted by molar-refractivity contribution is 6.31. The van der Waals surface area contributed by atoms with Gasteiger partial charge in [0.1, 0.15) is 36.9 Å². The van der Waals surface area contributed by atoms with Gasteiger partial charge in [-0.15, -0.1) is 0 Å². The summed E-state index contributed by atoms with van der Waals surface area (Å²) >= 11 is 6.54. The Morgan fingerprint density at radius 3 is 1.43 bits per heavy atom. The summed E-state index contributed by atoms with van der Waals surface area (Å²) in [6, 6.07) is 40.3. The van der Waals surface area contributed by atoms with Crippen LogP contribution in [0, 0.1) is 0 Å². The number of halogens is 1. The Balaban J connectivity index is 1.12. The highest BCUT2D eigenvalue weighted by Crippen LogP contribution is 2.44. The van der Waals surface area contributed by atoms with Crippen LogP contribution < -0.4 is 9.47 Å². The normalized spacial score (nSPS) is 12.5. The molecule has 51 heavy (non-hydrogen) atoms. The quantitative estimate of drug-likeness (QED) is 0.0935. The predicted octanol–water partition coefficient (Wildman–Crippen LogP) is 11.0. The van der Waals surface area contributed by atoms with Gasteiger partial charge < -0.3 is 18.9 Å². The first-order chi connectivity index (χ1) is 24.9. The summed E-state index contributed by atoms with van der Waals surface area (Å²) in [4.78, 5) is 26.4. The van der Waals surface area contributed by atoms with Crippen molar-refractivity contribution in [2.75, 3.05) is 13.2 Å². The van der Waals surface area contributed by atoms with Crippen LogP contribution in [0.25, 0.3) is 43.1 Å². The second-order valence-corrected chi connectivity index (χ2v) is 12.9. The number of carbonyl (C=O) groups is 2. The van der Waals surface area contributed by atoms with Crippen LogP contribution in [-0.2, 0) is 9.47 Å². The summed E-state index contributed by atoms with van der Waals surface area (Å²) in [5.41, 5.74) is 0.983. The molecule has 0 heterocycles. The maximum atomic E-state index is 13.2. The van der Waals surface area contributed by atoms with E-state index >= 15 is 0 Å². The molecular formula is C44H37ClO6. The number of fused-ring (bicyclic) bond motifs is 4. The maximum Gasteiger partial charge on any atom is 0.338 e. The molecule has 0 N–H and O–H groups in total. The van der Waals surface area contributed by atoms with Crippen LogP contribution in [0.5, 0.6) is 11.5 Å². The smallest absolute Gasteiger partial charge is 0.338 e. The van der Waals surface area contributed by atoms with Gasteiger partial charge in [-0.1, -0.05) is 110 Å². The molecular weight excluding hydrogens is 660 g/mol. The van der Waals surface area contributed by atoms with E-state index in [0.717, 1.165) is 43.1 Å². The van der Waals surface area contributed by atoms with E-state index in [1.165, 1.54) is 0 Å². The minimum absolute atomic E-state index is 0.143. The third-order valence-electron chi connectivity index (χ3n) is 9.14. The van der Waals surface area contributed by atoms with Crippen LogP contribution in [0.15, 0.2) is 127 Å². The second kappa shape index (κ2) is 15.1. The van der Waals surface area contributed by atoms with Crippen molar-refractivity contribution in [1.82, 2.24) is 0 Å². The van der Waals surface area contributed by atoms with E-state index in [2.05, 4.69) is 0 Å². The van der Waals surface area contributed by atoms with Gasteiger partial charge in [0.25, 0.3) is 0 Å². The summed E-state index contributed by atoms with van der Waals surface area (Å²) < 4.78 is 24.9. The third kappa shape index (κ3) is 7.33. The lowest BCUT2D eigenvalue weighted by atomic mass is 10.0. The van der Waals surface area contributed by atoms with Crippen LogP contribution in [0.2, 0.25) is 5.02 Å². The van der Waals surface area contributed by atoms with E-state index < -0.39 is 24.1 Å². The van der Waals surface area contributed by atoms with Crippen molar-refractivity contribution >= 4 is 66.6 Å². The number of esters is 2. The number of rotatable bonds is 12. The molecule has 0 aliphatic rings. The summed E-state index contributed by atoms with van der Waals surface area (Å²) in [5, 5.41) is 7.81. The van der Waals surface area contributed by atoms with Gasteiger partial charge in [0, 0.05) is 26.6 Å². The molecule has 2 unspecified atom stereocenters. The molecule has 7 aromatic rings. The zero-order valence-electron chi connectivity index (χ0n) is 28.4. The molecule has 0 saturated heterocycles. The lowest BCUT2D eigenvalue weighted by Crippen LogP contribution is -2.25. The minimum atomic E-state index is -0.490. The minimum Gasteiger partial charge on any atom is -0.488 e. The van der Waals surface area contributed by atoms with Gasteiger partial charge in [0.05, 0.1) is 11.1 Å². The molecule has 0 bridgehead atoms. The summed E-state index contributed by atoms with van der Waals surface area (Å²) in [6.45, 7) is 4.22. The Kier molecular flexibility index (Phi) is 10.0. The average Bonchev–Trinajstić information content (AvgIpc) is 3.17. The summed E-state index contributed by atoms with van der Waals surface area (Å²) in [7, 11) is 0. The van der Waals surface area contributed by atoms with Gasteiger partial charge in [0.2, 0.25) is 0 Å². The van der Waals surface area contributed by atoms with Crippen molar-refractivity contribution < 1.29 is 28.5 Å². The first kappa shape index (κ1) is 33.9. The Bertz CT molecular complexity index is 2380. The molecule has 0 aliphatic carbocycles. The summed E-state index contributed by atoms with van der Waals surface area (Å²) in [6.07, 6.45) is 0.158. The van der Waals surface area contributed by atoms with Crippen molar-refractivity contribution in [3.05, 3.63) is 144 Å². The number of ether oxygens (including phenoxy) is 4. The van der Waals surface area contributed by atoms with Crippen LogP contribution in [0.4, 0.5) is 0 Å². The zero-order chi connectivity index (χ0) is 35.3. The molecule has 7 rings (SSSR count). The van der Waals surface area contributed by atoms with E-state index in [-0.39, 0.29) is 13.2 Å². The lowest BCUT2D eigenvalue weighted by Gasteiger charge is -2.22. The van der Waals surface area contributed by atoms with Gasteiger partial charge in [-0.25, -0.2) is 9.59 Å². The third-order valence-corrected chi connectivity index (χ3v) is 9.38. The van der Waals surface area contributed by atoms with Gasteiger partial charge >= 0.3 is 11.9 Å². The predicted molar refractivity (Wildman–Crippen MR) is 204 cm³/mol. The van der Waals surface area contributed by atoms with Crippen molar-refractivity contribution in [3.63, 3.8) is 0 Å². The molecule has 7 heteroatoms. The molecule has 0 aliphatic heterocycles. The van der Waals surface area contributed by atoms with Crippen molar-refractivity contribution in [3.8, 4) is 11.5 Å². The van der Waals surface area contributed by atoms with Crippen LogP contribution in [-0.4, -0.2) is 37.4 Å². The van der Waals surface area contributed by atoms with Crippen LogP contribution >= 0.6 is 11.6 Å². The first-order valence-electron chi connectivity index (χ1n) is 17.2. The first-order valence-corrected chi connectivity index (χ1v) is 17.6. The van der Waals surface area contributed by atoms with Crippen LogP contribution in [0.3, 0.4) is 0 Å². The molecule has 0 fully saturated rings. The monoisotopic (exact) mass is 696 g/mol. The molecule has 256 valence electrons. The fourth-order valence-electron chi connectivity index (χ4n) is 6.28. The number of hydrogen-bond donors (Lipinski definition) is 0.